The summed E-state index contributed by atoms with van der Waals surface area (Å²) >= 11 is 1.30. The smallest absolute Gasteiger partial charge is 0.325 e. The normalized spacial score (nSPS) is 10.2. The lowest BCUT2D eigenvalue weighted by molar-refractivity contribution is -0.120. The van der Waals surface area contributed by atoms with Crippen LogP contribution in [-0.2, 0) is 11.2 Å². The van der Waals surface area contributed by atoms with Crippen molar-refractivity contribution < 1.29 is 9.59 Å². The van der Waals surface area contributed by atoms with E-state index in [-0.39, 0.29) is 18.4 Å². The SMILES string of the molecule is CCCCNC(=O)Cc1csc(NC(=O)Nc2cccc(C)c2)n1. The number of hydrogen-bond acceptors (Lipinski definition) is 4. The molecule has 0 unspecified atom stereocenters. The van der Waals surface area contributed by atoms with E-state index in [4.69, 9.17) is 0 Å². The van der Waals surface area contributed by atoms with E-state index in [2.05, 4.69) is 27.9 Å². The molecule has 0 fully saturated rings. The molecule has 0 atom stereocenters. The fourth-order valence-corrected chi connectivity index (χ4v) is 2.76. The van der Waals surface area contributed by atoms with E-state index in [9.17, 15) is 9.59 Å². The van der Waals surface area contributed by atoms with Crippen molar-refractivity contribution in [3.8, 4) is 0 Å². The number of aromatic nitrogens is 1. The van der Waals surface area contributed by atoms with Gasteiger partial charge in [-0.15, -0.1) is 11.3 Å². The van der Waals surface area contributed by atoms with Crippen LogP contribution in [0.5, 0.6) is 0 Å². The van der Waals surface area contributed by atoms with Crippen molar-refractivity contribution in [1.29, 1.82) is 0 Å². The number of unbranched alkanes of at least 4 members (excludes halogenated alkanes) is 1. The standard InChI is InChI=1S/C17H22N4O2S/c1-3-4-8-18-15(22)10-14-11-24-17(20-14)21-16(23)19-13-7-5-6-12(2)9-13/h5-7,9,11H,3-4,8,10H2,1-2H3,(H,18,22)(H2,19,20,21,23). The van der Waals surface area contributed by atoms with Crippen LogP contribution in [0.4, 0.5) is 15.6 Å². The largest absolute Gasteiger partial charge is 0.356 e. The van der Waals surface area contributed by atoms with Crippen LogP contribution in [-0.4, -0.2) is 23.5 Å². The van der Waals surface area contributed by atoms with Crippen LogP contribution in [0.1, 0.15) is 31.0 Å². The Balaban J connectivity index is 1.82. The summed E-state index contributed by atoms with van der Waals surface area (Å²) in [6.07, 6.45) is 2.23. The van der Waals surface area contributed by atoms with Crippen molar-refractivity contribution in [2.75, 3.05) is 17.2 Å². The zero-order chi connectivity index (χ0) is 17.4. The quantitative estimate of drug-likeness (QED) is 0.670. The van der Waals surface area contributed by atoms with Crippen LogP contribution < -0.4 is 16.0 Å². The maximum absolute atomic E-state index is 12.0. The summed E-state index contributed by atoms with van der Waals surface area (Å²) in [5.74, 6) is -0.0514. The topological polar surface area (TPSA) is 83.1 Å². The zero-order valence-corrected chi connectivity index (χ0v) is 14.7. The lowest BCUT2D eigenvalue weighted by atomic mass is 10.2. The van der Waals surface area contributed by atoms with Crippen LogP contribution in [0.2, 0.25) is 0 Å². The minimum Gasteiger partial charge on any atom is -0.356 e. The van der Waals surface area contributed by atoms with Gasteiger partial charge in [-0.05, 0) is 31.0 Å². The molecule has 24 heavy (non-hydrogen) atoms. The first-order valence-electron chi connectivity index (χ1n) is 7.92. The molecule has 1 aromatic carbocycles. The molecule has 3 amide bonds. The molecule has 0 aliphatic rings. The molecule has 6 nitrogen and oxygen atoms in total. The molecule has 1 aromatic heterocycles. The summed E-state index contributed by atoms with van der Waals surface area (Å²) < 4.78 is 0. The first-order valence-corrected chi connectivity index (χ1v) is 8.80. The van der Waals surface area contributed by atoms with Gasteiger partial charge in [-0.1, -0.05) is 25.5 Å². The van der Waals surface area contributed by atoms with E-state index in [1.165, 1.54) is 11.3 Å². The van der Waals surface area contributed by atoms with E-state index in [1.54, 1.807) is 5.38 Å². The van der Waals surface area contributed by atoms with Crippen molar-refractivity contribution in [1.82, 2.24) is 10.3 Å². The number of nitrogens with zero attached hydrogens (tertiary/aromatic N) is 1. The minimum absolute atomic E-state index is 0.0514. The van der Waals surface area contributed by atoms with Gasteiger partial charge in [0.2, 0.25) is 5.91 Å². The van der Waals surface area contributed by atoms with Gasteiger partial charge in [0, 0.05) is 17.6 Å². The van der Waals surface area contributed by atoms with Gasteiger partial charge in [-0.3, -0.25) is 10.1 Å². The summed E-state index contributed by atoms with van der Waals surface area (Å²) in [5, 5.41) is 10.5. The molecular formula is C17H22N4O2S. The van der Waals surface area contributed by atoms with Crippen LogP contribution >= 0.6 is 11.3 Å². The van der Waals surface area contributed by atoms with Crippen molar-refractivity contribution in [2.24, 2.45) is 0 Å². The van der Waals surface area contributed by atoms with Crippen molar-refractivity contribution in [3.05, 3.63) is 40.9 Å². The fourth-order valence-electron chi connectivity index (χ4n) is 2.06. The predicted octanol–water partition coefficient (Wildman–Crippen LogP) is 3.55. The lowest BCUT2D eigenvalue weighted by Crippen LogP contribution is -2.26. The number of anilines is 2. The van der Waals surface area contributed by atoms with Gasteiger partial charge in [0.25, 0.3) is 0 Å². The van der Waals surface area contributed by atoms with Gasteiger partial charge < -0.3 is 10.6 Å². The Morgan fingerprint density at radius 3 is 2.83 bits per heavy atom. The molecule has 3 N–H and O–H groups in total. The summed E-state index contributed by atoms with van der Waals surface area (Å²) in [6.45, 7) is 4.72. The Bertz CT molecular complexity index is 699. The van der Waals surface area contributed by atoms with Gasteiger partial charge in [0.15, 0.2) is 5.13 Å². The second kappa shape index (κ2) is 9.02. The van der Waals surface area contributed by atoms with E-state index in [1.807, 2.05) is 31.2 Å². The first-order chi connectivity index (χ1) is 11.6. The monoisotopic (exact) mass is 346 g/mol. The molecule has 0 spiro atoms. The molecule has 0 bridgehead atoms. The van der Waals surface area contributed by atoms with Gasteiger partial charge >= 0.3 is 6.03 Å². The molecule has 0 saturated heterocycles. The summed E-state index contributed by atoms with van der Waals surface area (Å²) in [4.78, 5) is 28.0. The van der Waals surface area contributed by atoms with Gasteiger partial charge in [0.05, 0.1) is 12.1 Å². The predicted molar refractivity (Wildman–Crippen MR) is 97.6 cm³/mol. The first kappa shape index (κ1) is 17.9. The number of carbonyl (C=O) groups excluding carboxylic acids is 2. The molecule has 1 heterocycles. The van der Waals surface area contributed by atoms with Gasteiger partial charge in [0.1, 0.15) is 0 Å². The van der Waals surface area contributed by atoms with Crippen molar-refractivity contribution in [3.63, 3.8) is 0 Å². The van der Waals surface area contributed by atoms with Crippen molar-refractivity contribution >= 4 is 34.1 Å². The molecule has 128 valence electrons. The highest BCUT2D eigenvalue weighted by molar-refractivity contribution is 7.13. The average Bonchev–Trinajstić information content (AvgIpc) is 2.94. The molecule has 0 saturated carbocycles. The fraction of sp³-hybridized carbons (Fsp3) is 0.353. The number of benzene rings is 1. The highest BCUT2D eigenvalue weighted by atomic mass is 32.1. The number of thiazole rings is 1. The van der Waals surface area contributed by atoms with Crippen LogP contribution in [0, 0.1) is 6.92 Å². The third kappa shape index (κ3) is 6.00. The third-order valence-corrected chi connectivity index (χ3v) is 4.05. The molecule has 7 heteroatoms. The summed E-state index contributed by atoms with van der Waals surface area (Å²) in [5.41, 5.74) is 2.44. The third-order valence-electron chi connectivity index (χ3n) is 3.24. The molecule has 0 aliphatic carbocycles. The number of amides is 3. The Morgan fingerprint density at radius 2 is 2.08 bits per heavy atom. The van der Waals surface area contributed by atoms with Crippen LogP contribution in [0.15, 0.2) is 29.6 Å². The Labute approximate surface area is 145 Å². The average molecular weight is 346 g/mol. The van der Waals surface area contributed by atoms with E-state index < -0.39 is 0 Å². The molecular weight excluding hydrogens is 324 g/mol. The second-order valence-corrected chi connectivity index (χ2v) is 6.33. The van der Waals surface area contributed by atoms with Crippen molar-refractivity contribution in [2.45, 2.75) is 33.1 Å². The number of carbonyl (C=O) groups is 2. The van der Waals surface area contributed by atoms with E-state index in [0.717, 1.165) is 24.1 Å². The minimum atomic E-state index is -0.353. The number of aryl methyl sites for hydroxylation is 1. The Morgan fingerprint density at radius 1 is 1.25 bits per heavy atom. The van der Waals surface area contributed by atoms with Crippen LogP contribution in [0.3, 0.4) is 0 Å². The van der Waals surface area contributed by atoms with Crippen LogP contribution in [0.25, 0.3) is 0 Å². The Hall–Kier alpha value is -2.41. The number of urea groups is 1. The molecule has 0 radical (unpaired) electrons. The molecule has 2 aromatic rings. The van der Waals surface area contributed by atoms with Gasteiger partial charge in [-0.2, -0.15) is 0 Å². The second-order valence-electron chi connectivity index (χ2n) is 5.47. The van der Waals surface area contributed by atoms with E-state index in [0.29, 0.717) is 17.4 Å². The number of hydrogen-bond donors (Lipinski definition) is 3. The maximum Gasteiger partial charge on any atom is 0.325 e. The Kier molecular flexibility index (Phi) is 6.74. The van der Waals surface area contributed by atoms with E-state index >= 15 is 0 Å². The van der Waals surface area contributed by atoms with Gasteiger partial charge in [-0.25, -0.2) is 9.78 Å². The molecule has 2 rings (SSSR count). The lowest BCUT2D eigenvalue weighted by Gasteiger charge is -2.06. The highest BCUT2D eigenvalue weighted by Gasteiger charge is 2.10. The highest BCUT2D eigenvalue weighted by Crippen LogP contribution is 2.17. The summed E-state index contributed by atoms with van der Waals surface area (Å²) in [6, 6.07) is 7.19. The molecule has 0 aliphatic heterocycles. The number of rotatable bonds is 7. The summed E-state index contributed by atoms with van der Waals surface area (Å²) in [7, 11) is 0. The maximum atomic E-state index is 12.0. The number of nitrogens with one attached hydrogen (secondary N) is 3. The zero-order valence-electron chi connectivity index (χ0n) is 13.9.